The molecule has 0 fully saturated rings. The summed E-state index contributed by atoms with van der Waals surface area (Å²) in [7, 11) is 3.70. The Morgan fingerprint density at radius 2 is 2.31 bits per heavy atom. The summed E-state index contributed by atoms with van der Waals surface area (Å²) in [4.78, 5) is 8.33. The minimum atomic E-state index is 0.509. The van der Waals surface area contributed by atoms with Crippen LogP contribution in [0.2, 0.25) is 0 Å². The largest absolute Gasteiger partial charge is 0.272 e. The van der Waals surface area contributed by atoms with Crippen molar-refractivity contribution >= 4 is 12.1 Å². The third-order valence-electron chi connectivity index (χ3n) is 2.73. The van der Waals surface area contributed by atoms with Gasteiger partial charge in [0, 0.05) is 26.0 Å². The second-order valence-electron chi connectivity index (χ2n) is 3.82. The number of rotatable bonds is 3. The van der Waals surface area contributed by atoms with Gasteiger partial charge in [0.2, 0.25) is 0 Å². The highest BCUT2D eigenvalue weighted by Gasteiger charge is 2.13. The fraction of sp³-hybridized carbons (Fsp3) is 0.583. The Bertz CT molecular complexity index is 401. The van der Waals surface area contributed by atoms with Crippen LogP contribution in [0.4, 0.5) is 0 Å². The van der Waals surface area contributed by atoms with E-state index >= 15 is 0 Å². The number of amidine groups is 1. The second-order valence-corrected chi connectivity index (χ2v) is 3.82. The molecule has 0 aliphatic heterocycles. The fourth-order valence-electron chi connectivity index (χ4n) is 1.62. The van der Waals surface area contributed by atoms with Crippen LogP contribution in [0.3, 0.4) is 0 Å². The lowest BCUT2D eigenvalue weighted by molar-refractivity contribution is 0.624. The van der Waals surface area contributed by atoms with Gasteiger partial charge in [0.25, 0.3) is 0 Å². The van der Waals surface area contributed by atoms with E-state index in [1.807, 2.05) is 18.7 Å². The minimum absolute atomic E-state index is 0.509. The van der Waals surface area contributed by atoms with E-state index in [2.05, 4.69) is 35.0 Å². The molecule has 0 amide bonds. The maximum atomic E-state index is 4.44. The Hall–Kier alpha value is -1.45. The highest BCUT2D eigenvalue weighted by atomic mass is 15.3. The molecule has 0 saturated carbocycles. The number of aryl methyl sites for hydroxylation is 1. The Labute approximate surface area is 97.1 Å². The molecule has 4 nitrogen and oxygen atoms in total. The van der Waals surface area contributed by atoms with E-state index < -0.39 is 0 Å². The maximum Gasteiger partial charge on any atom is 0.174 e. The average Bonchev–Trinajstić information content (AvgIpc) is 2.67. The predicted octanol–water partition coefficient (Wildman–Crippen LogP) is 2.40. The van der Waals surface area contributed by atoms with Crippen LogP contribution in [-0.4, -0.2) is 28.9 Å². The summed E-state index contributed by atoms with van der Waals surface area (Å²) in [5.74, 6) is 1.20. The van der Waals surface area contributed by atoms with Gasteiger partial charge in [-0.25, -0.2) is 4.99 Å². The number of aromatic nitrogens is 2. The molecule has 1 aromatic rings. The molecule has 0 aliphatic carbocycles. The lowest BCUT2D eigenvalue weighted by Gasteiger charge is -2.07. The maximum absolute atomic E-state index is 4.44. The summed E-state index contributed by atoms with van der Waals surface area (Å²) in [6, 6.07) is 2.07. The first-order valence-electron chi connectivity index (χ1n) is 5.63. The van der Waals surface area contributed by atoms with Gasteiger partial charge >= 0.3 is 0 Å². The van der Waals surface area contributed by atoms with E-state index in [4.69, 9.17) is 0 Å². The monoisotopic (exact) mass is 220 g/mol. The summed E-state index contributed by atoms with van der Waals surface area (Å²) in [5, 5.41) is 4.44. The summed E-state index contributed by atoms with van der Waals surface area (Å²) in [5.41, 5.74) is 2.07. The first-order valence-corrected chi connectivity index (χ1v) is 5.63. The van der Waals surface area contributed by atoms with Gasteiger partial charge in [0.05, 0.1) is 0 Å². The molecule has 0 radical (unpaired) electrons. The van der Waals surface area contributed by atoms with Gasteiger partial charge in [-0.15, -0.1) is 0 Å². The van der Waals surface area contributed by atoms with Crippen LogP contribution in [0.25, 0.3) is 0 Å². The molecule has 88 valence electrons. The molecule has 1 atom stereocenters. The van der Waals surface area contributed by atoms with E-state index in [-0.39, 0.29) is 0 Å². The lowest BCUT2D eigenvalue weighted by atomic mass is 10.0. The average molecular weight is 220 g/mol. The van der Waals surface area contributed by atoms with Gasteiger partial charge in [0.15, 0.2) is 5.84 Å². The van der Waals surface area contributed by atoms with Crippen molar-refractivity contribution in [3.8, 4) is 0 Å². The summed E-state index contributed by atoms with van der Waals surface area (Å²) in [6.07, 6.45) is 2.84. The number of nitrogens with zero attached hydrogens (tertiary/aromatic N) is 4. The first-order chi connectivity index (χ1) is 7.63. The fourth-order valence-corrected chi connectivity index (χ4v) is 1.62. The predicted molar refractivity (Wildman–Crippen MR) is 68.5 cm³/mol. The van der Waals surface area contributed by atoms with Gasteiger partial charge in [-0.05, 0) is 25.3 Å². The minimum Gasteiger partial charge on any atom is -0.272 e. The van der Waals surface area contributed by atoms with Crippen molar-refractivity contribution in [2.45, 2.75) is 33.1 Å². The quantitative estimate of drug-likeness (QED) is 0.569. The molecule has 1 heterocycles. The van der Waals surface area contributed by atoms with Crippen LogP contribution >= 0.6 is 0 Å². The summed E-state index contributed by atoms with van der Waals surface area (Å²) in [6.45, 7) is 6.26. The zero-order valence-corrected chi connectivity index (χ0v) is 10.7. The SMILES string of the molecule is C/C=N\C(=N/C)c1cc(C(C)CC)n(C)n1. The van der Waals surface area contributed by atoms with E-state index in [0.717, 1.165) is 12.1 Å². The van der Waals surface area contributed by atoms with Crippen molar-refractivity contribution in [1.82, 2.24) is 9.78 Å². The summed E-state index contributed by atoms with van der Waals surface area (Å²) >= 11 is 0. The van der Waals surface area contributed by atoms with Crippen molar-refractivity contribution in [3.63, 3.8) is 0 Å². The van der Waals surface area contributed by atoms with Crippen LogP contribution in [0.1, 0.15) is 44.5 Å². The molecule has 4 heteroatoms. The highest BCUT2D eigenvalue weighted by molar-refractivity contribution is 6.01. The first kappa shape index (κ1) is 12.6. The molecular weight excluding hydrogens is 200 g/mol. The van der Waals surface area contributed by atoms with Crippen molar-refractivity contribution in [2.75, 3.05) is 7.05 Å². The van der Waals surface area contributed by atoms with Crippen molar-refractivity contribution < 1.29 is 0 Å². The van der Waals surface area contributed by atoms with E-state index in [1.54, 1.807) is 13.3 Å². The zero-order chi connectivity index (χ0) is 12.1. The smallest absolute Gasteiger partial charge is 0.174 e. The van der Waals surface area contributed by atoms with E-state index in [9.17, 15) is 0 Å². The van der Waals surface area contributed by atoms with Crippen molar-refractivity contribution in [1.29, 1.82) is 0 Å². The molecule has 1 aromatic heterocycles. The van der Waals surface area contributed by atoms with E-state index in [1.165, 1.54) is 5.69 Å². The van der Waals surface area contributed by atoms with Crippen molar-refractivity contribution in [2.24, 2.45) is 17.0 Å². The Morgan fingerprint density at radius 1 is 1.62 bits per heavy atom. The molecule has 16 heavy (non-hydrogen) atoms. The molecule has 0 N–H and O–H groups in total. The number of hydrogen-bond acceptors (Lipinski definition) is 2. The molecule has 0 bridgehead atoms. The van der Waals surface area contributed by atoms with Gasteiger partial charge in [-0.3, -0.25) is 9.67 Å². The molecule has 0 aliphatic rings. The lowest BCUT2D eigenvalue weighted by Crippen LogP contribution is -2.02. The Morgan fingerprint density at radius 3 is 2.81 bits per heavy atom. The topological polar surface area (TPSA) is 42.5 Å². The van der Waals surface area contributed by atoms with E-state index in [0.29, 0.717) is 11.8 Å². The molecular formula is C12H20N4. The van der Waals surface area contributed by atoms with Gasteiger partial charge in [0.1, 0.15) is 5.69 Å². The normalized spacial score (nSPS) is 14.7. The highest BCUT2D eigenvalue weighted by Crippen LogP contribution is 2.19. The summed E-state index contributed by atoms with van der Waals surface area (Å²) < 4.78 is 1.92. The third kappa shape index (κ3) is 2.56. The van der Waals surface area contributed by atoms with Crippen molar-refractivity contribution in [3.05, 3.63) is 17.5 Å². The van der Waals surface area contributed by atoms with Crippen LogP contribution in [0.15, 0.2) is 16.1 Å². The number of aliphatic imine (C=N–C) groups is 2. The van der Waals surface area contributed by atoms with Crippen LogP contribution < -0.4 is 0 Å². The van der Waals surface area contributed by atoms with Gasteiger partial charge in [-0.1, -0.05) is 13.8 Å². The molecule has 1 unspecified atom stereocenters. The van der Waals surface area contributed by atoms with Gasteiger partial charge < -0.3 is 0 Å². The molecule has 1 rings (SSSR count). The van der Waals surface area contributed by atoms with Gasteiger partial charge in [-0.2, -0.15) is 5.10 Å². The molecule has 0 saturated heterocycles. The molecule has 0 aromatic carbocycles. The number of hydrogen-bond donors (Lipinski definition) is 0. The third-order valence-corrected chi connectivity index (χ3v) is 2.73. The Kier molecular flexibility index (Phi) is 4.40. The van der Waals surface area contributed by atoms with Crippen LogP contribution in [0.5, 0.6) is 0 Å². The van der Waals surface area contributed by atoms with Crippen LogP contribution in [0, 0.1) is 0 Å². The van der Waals surface area contributed by atoms with Crippen LogP contribution in [-0.2, 0) is 7.05 Å². The Balaban J connectivity index is 3.09. The molecule has 0 spiro atoms. The standard InChI is InChI=1S/C12H20N4/c1-6-9(3)11-8-10(15-16(11)5)12(13-4)14-7-2/h7-9H,6H2,1-5H3/b13-12-,14-7-. The zero-order valence-electron chi connectivity index (χ0n) is 10.7. The second kappa shape index (κ2) is 5.58.